The summed E-state index contributed by atoms with van der Waals surface area (Å²) in [4.78, 5) is 25.9. The molecule has 1 aliphatic rings. The zero-order valence-electron chi connectivity index (χ0n) is 13.2. The molecular weight excluding hydrogens is 328 g/mol. The van der Waals surface area contributed by atoms with Crippen LogP contribution in [0.15, 0.2) is 42.5 Å². The first kappa shape index (κ1) is 16.3. The van der Waals surface area contributed by atoms with Crippen LogP contribution in [0, 0.1) is 0 Å². The Hall–Kier alpha value is -2.53. The fraction of sp³-hybridized carbons (Fsp3) is 0.222. The van der Waals surface area contributed by atoms with Crippen LogP contribution in [0.2, 0.25) is 5.02 Å². The van der Waals surface area contributed by atoms with Gasteiger partial charge < -0.3 is 10.1 Å². The number of nitrogens with one attached hydrogen (secondary N) is 1. The molecule has 0 bridgehead atoms. The van der Waals surface area contributed by atoms with Crippen LogP contribution in [0.25, 0.3) is 0 Å². The minimum Gasteiger partial charge on any atom is -0.482 e. The van der Waals surface area contributed by atoms with Crippen molar-refractivity contribution in [2.24, 2.45) is 0 Å². The predicted molar refractivity (Wildman–Crippen MR) is 93.7 cm³/mol. The minimum atomic E-state index is -0.264. The standard InChI is InChI=1S/C18H17ClN2O3/c1-2-12-4-3-5-14(8-12)20-17(22)10-21-15-7-6-13(19)9-16(15)24-11-18(21)23/h3-9H,2,10-11H2,1H3,(H,20,22). The second kappa shape index (κ2) is 6.93. The van der Waals surface area contributed by atoms with E-state index in [4.69, 9.17) is 16.3 Å². The summed E-state index contributed by atoms with van der Waals surface area (Å²) in [5.41, 5.74) is 2.40. The Morgan fingerprint density at radius 1 is 1.29 bits per heavy atom. The van der Waals surface area contributed by atoms with Gasteiger partial charge in [0.25, 0.3) is 5.91 Å². The van der Waals surface area contributed by atoms with Gasteiger partial charge in [0.05, 0.1) is 5.69 Å². The monoisotopic (exact) mass is 344 g/mol. The van der Waals surface area contributed by atoms with Gasteiger partial charge in [-0.05, 0) is 36.2 Å². The molecule has 1 heterocycles. The first-order chi connectivity index (χ1) is 11.6. The van der Waals surface area contributed by atoms with Crippen LogP contribution in [0.3, 0.4) is 0 Å². The van der Waals surface area contributed by atoms with Crippen LogP contribution in [-0.4, -0.2) is 25.0 Å². The van der Waals surface area contributed by atoms with E-state index >= 15 is 0 Å². The third-order valence-electron chi connectivity index (χ3n) is 3.79. The van der Waals surface area contributed by atoms with E-state index in [0.717, 1.165) is 17.7 Å². The number of amides is 2. The number of carbonyl (C=O) groups is 2. The van der Waals surface area contributed by atoms with Crippen molar-refractivity contribution >= 4 is 34.8 Å². The first-order valence-electron chi connectivity index (χ1n) is 7.68. The third-order valence-corrected chi connectivity index (χ3v) is 4.02. The summed E-state index contributed by atoms with van der Waals surface area (Å²) in [6.45, 7) is 1.87. The molecule has 124 valence electrons. The van der Waals surface area contributed by atoms with Crippen LogP contribution in [0.4, 0.5) is 11.4 Å². The highest BCUT2D eigenvalue weighted by molar-refractivity contribution is 6.31. The number of anilines is 2. The number of hydrogen-bond acceptors (Lipinski definition) is 3. The Kier molecular flexibility index (Phi) is 4.71. The number of carbonyl (C=O) groups excluding carboxylic acids is 2. The summed E-state index contributed by atoms with van der Waals surface area (Å²) >= 11 is 5.94. The van der Waals surface area contributed by atoms with Crippen LogP contribution >= 0.6 is 11.6 Å². The van der Waals surface area contributed by atoms with Crippen LogP contribution in [0.5, 0.6) is 5.75 Å². The SMILES string of the molecule is CCc1cccc(NC(=O)CN2C(=O)COc3cc(Cl)ccc32)c1. The van der Waals surface area contributed by atoms with Crippen LogP contribution in [0.1, 0.15) is 12.5 Å². The van der Waals surface area contributed by atoms with Crippen molar-refractivity contribution in [3.05, 3.63) is 53.1 Å². The topological polar surface area (TPSA) is 58.6 Å². The molecule has 2 aromatic carbocycles. The molecule has 0 saturated carbocycles. The molecule has 24 heavy (non-hydrogen) atoms. The smallest absolute Gasteiger partial charge is 0.265 e. The molecule has 0 aliphatic carbocycles. The van der Waals surface area contributed by atoms with Gasteiger partial charge in [-0.1, -0.05) is 30.7 Å². The average molecular weight is 345 g/mol. The van der Waals surface area contributed by atoms with Crippen molar-refractivity contribution in [3.63, 3.8) is 0 Å². The minimum absolute atomic E-state index is 0.0762. The van der Waals surface area contributed by atoms with Gasteiger partial charge in [0.1, 0.15) is 12.3 Å². The summed E-state index contributed by atoms with van der Waals surface area (Å²) < 4.78 is 5.37. The molecule has 0 saturated heterocycles. The summed E-state index contributed by atoms with van der Waals surface area (Å²) in [7, 11) is 0. The molecule has 2 aromatic rings. The van der Waals surface area contributed by atoms with Crippen LogP contribution in [-0.2, 0) is 16.0 Å². The number of aryl methyl sites for hydroxylation is 1. The molecule has 2 amide bonds. The summed E-state index contributed by atoms with van der Waals surface area (Å²) in [5, 5.41) is 3.34. The molecular formula is C18H17ClN2O3. The Morgan fingerprint density at radius 2 is 2.12 bits per heavy atom. The van der Waals surface area contributed by atoms with Gasteiger partial charge in [-0.3, -0.25) is 14.5 Å². The number of halogens is 1. The summed E-state index contributed by atoms with van der Waals surface area (Å²) in [5.74, 6) is -0.0236. The lowest BCUT2D eigenvalue weighted by Gasteiger charge is -2.28. The Morgan fingerprint density at radius 3 is 2.92 bits per heavy atom. The van der Waals surface area contributed by atoms with E-state index in [-0.39, 0.29) is 25.0 Å². The van der Waals surface area contributed by atoms with Gasteiger partial charge in [0, 0.05) is 16.8 Å². The van der Waals surface area contributed by atoms with Gasteiger partial charge in [-0.25, -0.2) is 0 Å². The maximum atomic E-state index is 12.3. The van der Waals surface area contributed by atoms with Crippen LogP contribution < -0.4 is 15.0 Å². The van der Waals surface area contributed by atoms with Gasteiger partial charge in [-0.2, -0.15) is 0 Å². The quantitative estimate of drug-likeness (QED) is 0.926. The van der Waals surface area contributed by atoms with Crippen molar-refractivity contribution < 1.29 is 14.3 Å². The van der Waals surface area contributed by atoms with E-state index in [1.54, 1.807) is 18.2 Å². The van der Waals surface area contributed by atoms with Gasteiger partial charge in [0.15, 0.2) is 6.61 Å². The molecule has 1 N–H and O–H groups in total. The normalized spacial score (nSPS) is 13.2. The molecule has 0 aromatic heterocycles. The number of benzene rings is 2. The van der Waals surface area contributed by atoms with Crippen molar-refractivity contribution in [1.29, 1.82) is 0 Å². The fourth-order valence-corrected chi connectivity index (χ4v) is 2.73. The zero-order valence-corrected chi connectivity index (χ0v) is 14.0. The molecule has 3 rings (SSSR count). The van der Waals surface area contributed by atoms with E-state index in [0.29, 0.717) is 16.5 Å². The van der Waals surface area contributed by atoms with Crippen molar-refractivity contribution in [2.75, 3.05) is 23.4 Å². The molecule has 6 heteroatoms. The number of ether oxygens (including phenoxy) is 1. The highest BCUT2D eigenvalue weighted by Gasteiger charge is 2.27. The lowest BCUT2D eigenvalue weighted by molar-refractivity contribution is -0.123. The molecule has 0 unspecified atom stereocenters. The highest BCUT2D eigenvalue weighted by Crippen LogP contribution is 2.34. The molecule has 0 fully saturated rings. The van der Waals surface area contributed by atoms with E-state index in [1.165, 1.54) is 4.90 Å². The first-order valence-corrected chi connectivity index (χ1v) is 8.06. The number of hydrogen-bond donors (Lipinski definition) is 1. The fourth-order valence-electron chi connectivity index (χ4n) is 2.56. The second-order valence-corrected chi connectivity index (χ2v) is 5.92. The van der Waals surface area contributed by atoms with E-state index in [2.05, 4.69) is 12.2 Å². The van der Waals surface area contributed by atoms with E-state index in [9.17, 15) is 9.59 Å². The van der Waals surface area contributed by atoms with Crippen molar-refractivity contribution in [3.8, 4) is 5.75 Å². The van der Waals surface area contributed by atoms with Gasteiger partial charge in [0.2, 0.25) is 5.91 Å². The van der Waals surface area contributed by atoms with Gasteiger partial charge in [-0.15, -0.1) is 0 Å². The maximum absolute atomic E-state index is 12.3. The number of fused-ring (bicyclic) bond motifs is 1. The molecule has 1 aliphatic heterocycles. The number of nitrogens with zero attached hydrogens (tertiary/aromatic N) is 1. The molecule has 0 atom stereocenters. The third kappa shape index (κ3) is 3.51. The largest absolute Gasteiger partial charge is 0.482 e. The lowest BCUT2D eigenvalue weighted by Crippen LogP contribution is -2.43. The summed E-state index contributed by atoms with van der Waals surface area (Å²) in [6.07, 6.45) is 0.889. The van der Waals surface area contributed by atoms with E-state index < -0.39 is 0 Å². The van der Waals surface area contributed by atoms with E-state index in [1.807, 2.05) is 24.3 Å². The Balaban J connectivity index is 1.75. The molecule has 0 spiro atoms. The summed E-state index contributed by atoms with van der Waals surface area (Å²) in [6, 6.07) is 12.6. The molecule has 5 nitrogen and oxygen atoms in total. The zero-order chi connectivity index (χ0) is 17.1. The second-order valence-electron chi connectivity index (χ2n) is 5.48. The predicted octanol–water partition coefficient (Wildman–Crippen LogP) is 3.27. The lowest BCUT2D eigenvalue weighted by atomic mass is 10.1. The van der Waals surface area contributed by atoms with Crippen molar-refractivity contribution in [2.45, 2.75) is 13.3 Å². The average Bonchev–Trinajstić information content (AvgIpc) is 2.57. The maximum Gasteiger partial charge on any atom is 0.265 e. The Labute approximate surface area is 145 Å². The number of rotatable bonds is 4. The highest BCUT2D eigenvalue weighted by atomic mass is 35.5. The van der Waals surface area contributed by atoms with Gasteiger partial charge >= 0.3 is 0 Å². The Bertz CT molecular complexity index is 792. The van der Waals surface area contributed by atoms with Crippen molar-refractivity contribution in [1.82, 2.24) is 0 Å². The molecule has 0 radical (unpaired) electrons.